The van der Waals surface area contributed by atoms with Crippen molar-refractivity contribution in [1.29, 1.82) is 0 Å². The maximum atomic E-state index is 11.8. The summed E-state index contributed by atoms with van der Waals surface area (Å²) in [6.45, 7) is 2.24. The van der Waals surface area contributed by atoms with Gasteiger partial charge in [0.15, 0.2) is 5.13 Å². The summed E-state index contributed by atoms with van der Waals surface area (Å²) in [7, 11) is 0. The molecule has 24 heavy (non-hydrogen) atoms. The topological polar surface area (TPSA) is 111 Å². The number of esters is 1. The van der Waals surface area contributed by atoms with E-state index in [1.807, 2.05) is 0 Å². The van der Waals surface area contributed by atoms with Crippen LogP contribution in [0.2, 0.25) is 0 Å². The number of hydrogen-bond donors (Lipinski definition) is 2. The monoisotopic (exact) mass is 351 g/mol. The van der Waals surface area contributed by atoms with Crippen LogP contribution in [0.15, 0.2) is 28.4 Å². The van der Waals surface area contributed by atoms with Crippen LogP contribution in [0, 0.1) is 0 Å². The van der Waals surface area contributed by atoms with Crippen molar-refractivity contribution in [1.82, 2.24) is 10.3 Å². The second-order valence-electron chi connectivity index (χ2n) is 4.69. The van der Waals surface area contributed by atoms with Crippen molar-refractivity contribution in [3.05, 3.63) is 35.2 Å². The molecule has 2 amide bonds. The third kappa shape index (κ3) is 5.51. The van der Waals surface area contributed by atoms with Crippen molar-refractivity contribution in [2.75, 3.05) is 18.5 Å². The first-order chi connectivity index (χ1) is 11.6. The summed E-state index contributed by atoms with van der Waals surface area (Å²) in [6, 6.07) is 1.54. The van der Waals surface area contributed by atoms with Gasteiger partial charge in [-0.25, -0.2) is 4.98 Å². The van der Waals surface area contributed by atoms with Crippen molar-refractivity contribution < 1.29 is 23.5 Å². The third-order valence-corrected chi connectivity index (χ3v) is 3.66. The molecule has 2 N–H and O–H groups in total. The number of ether oxygens (including phenoxy) is 1. The largest absolute Gasteiger partial charge is 0.472 e. The molecule has 0 spiro atoms. The quantitative estimate of drug-likeness (QED) is 0.699. The summed E-state index contributed by atoms with van der Waals surface area (Å²) >= 11 is 1.23. The average Bonchev–Trinajstić information content (AvgIpc) is 3.19. The van der Waals surface area contributed by atoms with Crippen LogP contribution in [-0.2, 0) is 20.7 Å². The van der Waals surface area contributed by atoms with E-state index in [9.17, 15) is 14.4 Å². The summed E-state index contributed by atoms with van der Waals surface area (Å²) < 4.78 is 9.64. The Balaban J connectivity index is 1.71. The molecule has 2 heterocycles. The molecule has 9 heteroatoms. The number of aromatic nitrogens is 1. The van der Waals surface area contributed by atoms with Gasteiger partial charge < -0.3 is 19.8 Å². The van der Waals surface area contributed by atoms with E-state index < -0.39 is 0 Å². The predicted octanol–water partition coefficient (Wildman–Crippen LogP) is 1.60. The number of anilines is 1. The standard InChI is InChI=1S/C15H17N3O5S/c1-2-23-13(20)7-11-9-24-15(17-11)18-12(19)3-5-16-14(21)10-4-6-22-8-10/h4,6,8-9H,2-3,5,7H2,1H3,(H,16,21)(H,17,18,19). The minimum atomic E-state index is -0.359. The Morgan fingerprint density at radius 2 is 2.21 bits per heavy atom. The van der Waals surface area contributed by atoms with Gasteiger partial charge in [0.1, 0.15) is 6.26 Å². The Morgan fingerprint density at radius 3 is 2.92 bits per heavy atom. The van der Waals surface area contributed by atoms with Crippen LogP contribution < -0.4 is 10.6 Å². The number of furan rings is 1. The number of hydrogen-bond acceptors (Lipinski definition) is 7. The van der Waals surface area contributed by atoms with Crippen LogP contribution in [0.3, 0.4) is 0 Å². The number of nitrogens with zero attached hydrogens (tertiary/aromatic N) is 1. The van der Waals surface area contributed by atoms with Crippen LogP contribution >= 0.6 is 11.3 Å². The van der Waals surface area contributed by atoms with Crippen LogP contribution in [0.5, 0.6) is 0 Å². The van der Waals surface area contributed by atoms with Gasteiger partial charge in [-0.05, 0) is 13.0 Å². The first-order valence-electron chi connectivity index (χ1n) is 7.28. The van der Waals surface area contributed by atoms with Gasteiger partial charge in [-0.2, -0.15) is 0 Å². The number of amides is 2. The fourth-order valence-corrected chi connectivity index (χ4v) is 2.50. The maximum Gasteiger partial charge on any atom is 0.311 e. The van der Waals surface area contributed by atoms with E-state index in [0.717, 1.165) is 0 Å². The minimum absolute atomic E-state index is 0.0704. The molecule has 0 saturated heterocycles. The molecule has 128 valence electrons. The van der Waals surface area contributed by atoms with Gasteiger partial charge in [-0.1, -0.05) is 0 Å². The Hall–Kier alpha value is -2.68. The zero-order chi connectivity index (χ0) is 17.4. The highest BCUT2D eigenvalue weighted by Crippen LogP contribution is 2.16. The van der Waals surface area contributed by atoms with Gasteiger partial charge in [0.05, 0.1) is 30.5 Å². The maximum absolute atomic E-state index is 11.8. The fourth-order valence-electron chi connectivity index (χ4n) is 1.77. The second kappa shape index (κ2) is 8.82. The number of nitrogens with one attached hydrogen (secondary N) is 2. The highest BCUT2D eigenvalue weighted by Gasteiger charge is 2.11. The summed E-state index contributed by atoms with van der Waals surface area (Å²) in [6.07, 6.45) is 2.91. The van der Waals surface area contributed by atoms with E-state index >= 15 is 0 Å². The van der Waals surface area contributed by atoms with Crippen LogP contribution in [-0.4, -0.2) is 35.9 Å². The lowest BCUT2D eigenvalue weighted by Crippen LogP contribution is -2.27. The lowest BCUT2D eigenvalue weighted by Gasteiger charge is -2.03. The van der Waals surface area contributed by atoms with Crippen LogP contribution in [0.1, 0.15) is 29.4 Å². The van der Waals surface area contributed by atoms with E-state index in [1.165, 1.54) is 29.9 Å². The molecule has 0 aromatic carbocycles. The van der Waals surface area contributed by atoms with Gasteiger partial charge in [-0.3, -0.25) is 14.4 Å². The average molecular weight is 351 g/mol. The van der Waals surface area contributed by atoms with Crippen molar-refractivity contribution >= 4 is 34.3 Å². The van der Waals surface area contributed by atoms with E-state index in [-0.39, 0.29) is 37.2 Å². The normalized spacial score (nSPS) is 10.2. The smallest absolute Gasteiger partial charge is 0.311 e. The van der Waals surface area contributed by atoms with E-state index in [0.29, 0.717) is 23.0 Å². The molecule has 0 radical (unpaired) electrons. The Bertz CT molecular complexity index is 696. The molecule has 2 aromatic rings. The predicted molar refractivity (Wildman–Crippen MR) is 86.7 cm³/mol. The summed E-state index contributed by atoms with van der Waals surface area (Å²) in [5, 5.41) is 7.32. The van der Waals surface area contributed by atoms with E-state index in [4.69, 9.17) is 9.15 Å². The van der Waals surface area contributed by atoms with Crippen molar-refractivity contribution in [3.8, 4) is 0 Å². The number of carbonyl (C=O) groups excluding carboxylic acids is 3. The van der Waals surface area contributed by atoms with Crippen molar-refractivity contribution in [3.63, 3.8) is 0 Å². The zero-order valence-corrected chi connectivity index (χ0v) is 13.9. The molecule has 2 aromatic heterocycles. The lowest BCUT2D eigenvalue weighted by atomic mass is 10.3. The fraction of sp³-hybridized carbons (Fsp3) is 0.333. The first-order valence-corrected chi connectivity index (χ1v) is 8.16. The van der Waals surface area contributed by atoms with E-state index in [1.54, 1.807) is 12.3 Å². The molecule has 0 aliphatic carbocycles. The number of carbonyl (C=O) groups is 3. The second-order valence-corrected chi connectivity index (χ2v) is 5.55. The summed E-state index contributed by atoms with van der Waals surface area (Å²) in [5.41, 5.74) is 0.945. The van der Waals surface area contributed by atoms with Crippen LogP contribution in [0.4, 0.5) is 5.13 Å². The Morgan fingerprint density at radius 1 is 1.38 bits per heavy atom. The van der Waals surface area contributed by atoms with E-state index in [2.05, 4.69) is 15.6 Å². The van der Waals surface area contributed by atoms with Gasteiger partial charge in [-0.15, -0.1) is 11.3 Å². The Kier molecular flexibility index (Phi) is 6.50. The molecule has 0 aliphatic heterocycles. The molecule has 0 aliphatic rings. The molecule has 0 atom stereocenters. The van der Waals surface area contributed by atoms with Gasteiger partial charge in [0.25, 0.3) is 5.91 Å². The molecule has 2 rings (SSSR count). The Labute approximate surface area is 142 Å². The first kappa shape index (κ1) is 17.7. The number of rotatable bonds is 8. The summed E-state index contributed by atoms with van der Waals surface area (Å²) in [4.78, 5) is 39.0. The molecule has 0 saturated carbocycles. The van der Waals surface area contributed by atoms with Gasteiger partial charge >= 0.3 is 5.97 Å². The number of thiazole rings is 1. The highest BCUT2D eigenvalue weighted by atomic mass is 32.1. The minimum Gasteiger partial charge on any atom is -0.472 e. The third-order valence-electron chi connectivity index (χ3n) is 2.85. The van der Waals surface area contributed by atoms with Crippen LogP contribution in [0.25, 0.3) is 0 Å². The molecule has 0 unspecified atom stereocenters. The van der Waals surface area contributed by atoms with Crippen molar-refractivity contribution in [2.45, 2.75) is 19.8 Å². The molecule has 8 nitrogen and oxygen atoms in total. The zero-order valence-electron chi connectivity index (χ0n) is 13.0. The summed E-state index contributed by atoms with van der Waals surface area (Å²) in [5.74, 6) is -0.940. The molecule has 0 bridgehead atoms. The van der Waals surface area contributed by atoms with Gasteiger partial charge in [0.2, 0.25) is 5.91 Å². The lowest BCUT2D eigenvalue weighted by molar-refractivity contribution is -0.142. The van der Waals surface area contributed by atoms with Crippen molar-refractivity contribution in [2.24, 2.45) is 0 Å². The SMILES string of the molecule is CCOC(=O)Cc1csc(NC(=O)CCNC(=O)c2ccoc2)n1. The molecular weight excluding hydrogens is 334 g/mol. The highest BCUT2D eigenvalue weighted by molar-refractivity contribution is 7.13. The van der Waals surface area contributed by atoms with Gasteiger partial charge in [0, 0.05) is 18.3 Å². The molecular formula is C15H17N3O5S. The molecule has 0 fully saturated rings.